The summed E-state index contributed by atoms with van der Waals surface area (Å²) in [4.78, 5) is 34.0. The van der Waals surface area contributed by atoms with E-state index in [-0.39, 0.29) is 11.9 Å². The van der Waals surface area contributed by atoms with E-state index in [0.717, 1.165) is 53.7 Å². The van der Waals surface area contributed by atoms with Crippen molar-refractivity contribution in [3.63, 3.8) is 0 Å². The Morgan fingerprint density at radius 1 is 1.10 bits per heavy atom. The van der Waals surface area contributed by atoms with Crippen LogP contribution in [-0.4, -0.2) is 47.2 Å². The lowest BCUT2D eigenvalue weighted by Gasteiger charge is -2.30. The van der Waals surface area contributed by atoms with Crippen molar-refractivity contribution in [3.8, 4) is 0 Å². The van der Waals surface area contributed by atoms with E-state index in [0.29, 0.717) is 23.7 Å². The zero-order valence-corrected chi connectivity index (χ0v) is 18.6. The molecule has 30 heavy (non-hydrogen) atoms. The fraction of sp³-hybridized carbons (Fsp3) is 0.435. The van der Waals surface area contributed by atoms with Gasteiger partial charge in [-0.25, -0.2) is 9.78 Å². The average Bonchev–Trinajstić information content (AvgIpc) is 2.73. The van der Waals surface area contributed by atoms with Gasteiger partial charge in [-0.3, -0.25) is 9.69 Å². The molecule has 0 bridgehead atoms. The Morgan fingerprint density at radius 2 is 1.80 bits per heavy atom. The molecule has 0 saturated carbocycles. The number of likely N-dealkylation sites (tertiary alicyclic amines) is 1. The molecule has 7 heteroatoms. The van der Waals surface area contributed by atoms with Crippen molar-refractivity contribution in [3.05, 3.63) is 47.2 Å². The lowest BCUT2D eigenvalue weighted by molar-refractivity contribution is 0.0697. The summed E-state index contributed by atoms with van der Waals surface area (Å²) in [5, 5.41) is 3.88. The molecule has 3 heterocycles. The predicted octanol–water partition coefficient (Wildman–Crippen LogP) is 4.71. The maximum atomic E-state index is 13.0. The van der Waals surface area contributed by atoms with Crippen LogP contribution in [0.25, 0.3) is 0 Å². The lowest BCUT2D eigenvalue weighted by atomic mass is 9.98. The number of carbonyl (C=O) groups is 2. The summed E-state index contributed by atoms with van der Waals surface area (Å²) in [6, 6.07) is 9.04. The zero-order valence-electron chi connectivity index (χ0n) is 17.8. The van der Waals surface area contributed by atoms with E-state index >= 15 is 0 Å². The van der Waals surface area contributed by atoms with Crippen LogP contribution >= 0.6 is 11.8 Å². The summed E-state index contributed by atoms with van der Waals surface area (Å²) in [6.07, 6.45) is 2.12. The number of piperidine rings is 1. The molecule has 1 saturated heterocycles. The van der Waals surface area contributed by atoms with Gasteiger partial charge >= 0.3 is 6.03 Å². The first-order valence-electron chi connectivity index (χ1n) is 10.5. The van der Waals surface area contributed by atoms with Crippen LogP contribution in [0.2, 0.25) is 0 Å². The molecule has 0 unspecified atom stereocenters. The van der Waals surface area contributed by atoms with E-state index in [4.69, 9.17) is 0 Å². The van der Waals surface area contributed by atoms with Crippen LogP contribution < -0.4 is 10.2 Å². The van der Waals surface area contributed by atoms with E-state index in [1.165, 1.54) is 0 Å². The van der Waals surface area contributed by atoms with Crippen molar-refractivity contribution in [2.75, 3.05) is 35.6 Å². The fourth-order valence-electron chi connectivity index (χ4n) is 4.05. The number of benzene rings is 1. The van der Waals surface area contributed by atoms with Crippen LogP contribution in [-0.2, 0) is 0 Å². The molecule has 1 N–H and O–H groups in total. The number of aryl methyl sites for hydroxylation is 2. The van der Waals surface area contributed by atoms with E-state index in [1.807, 2.05) is 24.8 Å². The van der Waals surface area contributed by atoms with Crippen LogP contribution in [0.1, 0.15) is 41.4 Å². The summed E-state index contributed by atoms with van der Waals surface area (Å²) in [7, 11) is 0. The minimum atomic E-state index is -0.172. The number of urea groups is 1. The van der Waals surface area contributed by atoms with Crippen LogP contribution in [0.3, 0.4) is 0 Å². The summed E-state index contributed by atoms with van der Waals surface area (Å²) in [5.41, 5.74) is 4.25. The van der Waals surface area contributed by atoms with Crippen molar-refractivity contribution < 1.29 is 9.59 Å². The van der Waals surface area contributed by atoms with Gasteiger partial charge in [0.05, 0.1) is 5.69 Å². The number of aromatic nitrogens is 1. The number of pyridine rings is 1. The normalized spacial score (nSPS) is 16.9. The lowest BCUT2D eigenvalue weighted by Crippen LogP contribution is -2.39. The van der Waals surface area contributed by atoms with Gasteiger partial charge < -0.3 is 10.2 Å². The number of amides is 3. The highest BCUT2D eigenvalue weighted by Crippen LogP contribution is 2.36. The molecule has 0 atom stereocenters. The molecule has 2 aromatic rings. The summed E-state index contributed by atoms with van der Waals surface area (Å²) in [6.45, 7) is 8.49. The second-order valence-electron chi connectivity index (χ2n) is 8.22. The quantitative estimate of drug-likeness (QED) is 0.758. The first-order valence-corrected chi connectivity index (χ1v) is 11.5. The van der Waals surface area contributed by atoms with Crippen molar-refractivity contribution in [1.29, 1.82) is 0 Å². The molecule has 0 spiro atoms. The molecule has 2 aliphatic rings. The molecule has 1 fully saturated rings. The first-order chi connectivity index (χ1) is 14.4. The van der Waals surface area contributed by atoms with Gasteiger partial charge in [0.25, 0.3) is 5.91 Å². The largest absolute Gasteiger partial charge is 0.339 e. The molecule has 0 radical (unpaired) electrons. The van der Waals surface area contributed by atoms with Crippen LogP contribution in [0.4, 0.5) is 16.2 Å². The van der Waals surface area contributed by atoms with Gasteiger partial charge in [0.15, 0.2) is 0 Å². The SMILES string of the molecule is Cc1cc(C)c2c(n1)SCCN2C(=O)Nc1ccc(C(=O)N2CCC(C)CC2)cc1. The monoisotopic (exact) mass is 424 g/mol. The highest BCUT2D eigenvalue weighted by atomic mass is 32.2. The minimum Gasteiger partial charge on any atom is -0.339 e. The standard InChI is InChI=1S/C23H28N4O2S/c1-15-8-10-26(11-9-15)22(28)18-4-6-19(7-5-18)25-23(29)27-12-13-30-21-20(27)16(2)14-17(3)24-21/h4-7,14-15H,8-13H2,1-3H3,(H,25,29). The topological polar surface area (TPSA) is 65.5 Å². The van der Waals surface area contributed by atoms with Gasteiger partial charge in [-0.2, -0.15) is 0 Å². The Bertz CT molecular complexity index is 952. The van der Waals surface area contributed by atoms with Gasteiger partial charge in [-0.15, -0.1) is 11.8 Å². The number of nitrogens with zero attached hydrogens (tertiary/aromatic N) is 3. The van der Waals surface area contributed by atoms with Crippen LogP contribution in [0.5, 0.6) is 0 Å². The third-order valence-corrected chi connectivity index (χ3v) is 6.75. The number of hydrogen-bond donors (Lipinski definition) is 1. The first kappa shape index (κ1) is 20.7. The Balaban J connectivity index is 1.44. The van der Waals surface area contributed by atoms with Crippen molar-refractivity contribution in [2.24, 2.45) is 5.92 Å². The van der Waals surface area contributed by atoms with E-state index in [9.17, 15) is 9.59 Å². The van der Waals surface area contributed by atoms with E-state index in [2.05, 4.69) is 17.2 Å². The van der Waals surface area contributed by atoms with Gasteiger partial charge in [-0.1, -0.05) is 6.92 Å². The average molecular weight is 425 g/mol. The van der Waals surface area contributed by atoms with Crippen molar-refractivity contribution >= 4 is 35.1 Å². The van der Waals surface area contributed by atoms with Gasteiger partial charge in [0.2, 0.25) is 0 Å². The molecule has 1 aromatic carbocycles. The van der Waals surface area contributed by atoms with Gasteiger partial charge in [0.1, 0.15) is 5.03 Å². The highest BCUT2D eigenvalue weighted by molar-refractivity contribution is 7.99. The van der Waals surface area contributed by atoms with Crippen LogP contribution in [0.15, 0.2) is 35.4 Å². The molecule has 158 valence electrons. The maximum Gasteiger partial charge on any atom is 0.326 e. The second-order valence-corrected chi connectivity index (χ2v) is 9.30. The number of rotatable bonds is 2. The number of nitrogens with one attached hydrogen (secondary N) is 1. The van der Waals surface area contributed by atoms with Gasteiger partial charge in [0, 0.05) is 42.3 Å². The fourth-order valence-corrected chi connectivity index (χ4v) is 5.14. The second kappa shape index (κ2) is 8.68. The van der Waals surface area contributed by atoms with Crippen LogP contribution in [0, 0.1) is 19.8 Å². The zero-order chi connectivity index (χ0) is 21.3. The number of carbonyl (C=O) groups excluding carboxylic acids is 2. The van der Waals surface area contributed by atoms with Crippen molar-refractivity contribution in [2.45, 2.75) is 38.6 Å². The Morgan fingerprint density at radius 3 is 2.50 bits per heavy atom. The number of thioether (sulfide) groups is 1. The number of hydrogen-bond acceptors (Lipinski definition) is 4. The molecule has 0 aliphatic carbocycles. The molecule has 2 aliphatic heterocycles. The molecular formula is C23H28N4O2S. The molecule has 1 aromatic heterocycles. The summed E-state index contributed by atoms with van der Waals surface area (Å²) in [5.74, 6) is 1.57. The molecule has 6 nitrogen and oxygen atoms in total. The number of anilines is 2. The molecular weight excluding hydrogens is 396 g/mol. The third kappa shape index (κ3) is 4.31. The smallest absolute Gasteiger partial charge is 0.326 e. The Labute approximate surface area is 182 Å². The van der Waals surface area contributed by atoms with E-state index < -0.39 is 0 Å². The summed E-state index contributed by atoms with van der Waals surface area (Å²) >= 11 is 1.69. The van der Waals surface area contributed by atoms with Gasteiger partial charge in [-0.05, 0) is 68.5 Å². The molecule has 3 amide bonds. The molecule has 4 rings (SSSR count). The maximum absolute atomic E-state index is 13.0. The Hall–Kier alpha value is -2.54. The summed E-state index contributed by atoms with van der Waals surface area (Å²) < 4.78 is 0. The van der Waals surface area contributed by atoms with Crippen molar-refractivity contribution in [1.82, 2.24) is 9.88 Å². The number of fused-ring (bicyclic) bond motifs is 1. The minimum absolute atomic E-state index is 0.0684. The van der Waals surface area contributed by atoms with E-state index in [1.54, 1.807) is 40.9 Å². The Kier molecular flexibility index (Phi) is 5.99. The highest BCUT2D eigenvalue weighted by Gasteiger charge is 2.26. The third-order valence-electron chi connectivity index (χ3n) is 5.80. The predicted molar refractivity (Wildman–Crippen MR) is 122 cm³/mol.